The summed E-state index contributed by atoms with van der Waals surface area (Å²) in [6, 6.07) is 3.22. The molecule has 1 aromatic heterocycles. The zero-order valence-corrected chi connectivity index (χ0v) is 11.6. The number of rotatable bonds is 5. The van der Waals surface area contributed by atoms with Crippen molar-refractivity contribution in [1.82, 2.24) is 9.88 Å². The molecule has 0 bridgehead atoms. The number of nitrogen functional groups attached to an aromatic ring is 1. The second-order valence-electron chi connectivity index (χ2n) is 4.57. The van der Waals surface area contributed by atoms with Crippen molar-refractivity contribution in [2.45, 2.75) is 30.8 Å². The molecule has 7 heteroatoms. The van der Waals surface area contributed by atoms with Crippen LogP contribution in [0.5, 0.6) is 0 Å². The Morgan fingerprint density at radius 2 is 2.21 bits per heavy atom. The van der Waals surface area contributed by atoms with Crippen LogP contribution in [-0.4, -0.2) is 42.5 Å². The number of amides is 1. The number of hydrogen-bond donors (Lipinski definition) is 1. The SMILES string of the molecule is CCN(C(=O)CS(=O)(=O)c1ncccc1N)C1CC1. The van der Waals surface area contributed by atoms with Crippen LogP contribution >= 0.6 is 0 Å². The second-order valence-corrected chi connectivity index (χ2v) is 6.47. The number of pyridine rings is 1. The van der Waals surface area contributed by atoms with Gasteiger partial charge in [0.2, 0.25) is 15.7 Å². The number of hydrogen-bond acceptors (Lipinski definition) is 5. The fourth-order valence-corrected chi connectivity index (χ4v) is 3.28. The van der Waals surface area contributed by atoms with Crippen LogP contribution in [0.1, 0.15) is 19.8 Å². The Labute approximate surface area is 112 Å². The van der Waals surface area contributed by atoms with Gasteiger partial charge in [-0.05, 0) is 31.9 Å². The number of sulfone groups is 1. The maximum Gasteiger partial charge on any atom is 0.238 e. The van der Waals surface area contributed by atoms with Crippen LogP contribution < -0.4 is 5.73 Å². The number of carbonyl (C=O) groups excluding carboxylic acids is 1. The maximum atomic E-state index is 12.1. The average molecular weight is 283 g/mol. The summed E-state index contributed by atoms with van der Waals surface area (Å²) < 4.78 is 24.3. The minimum atomic E-state index is -3.78. The molecule has 0 unspecified atom stereocenters. The molecule has 1 amide bonds. The number of aromatic nitrogens is 1. The summed E-state index contributed by atoms with van der Waals surface area (Å²) in [7, 11) is -3.78. The molecule has 2 rings (SSSR count). The summed E-state index contributed by atoms with van der Waals surface area (Å²) in [5.74, 6) is -0.950. The molecule has 1 aliphatic carbocycles. The minimum absolute atomic E-state index is 0.0739. The van der Waals surface area contributed by atoms with Crippen molar-refractivity contribution in [3.05, 3.63) is 18.3 Å². The van der Waals surface area contributed by atoms with E-state index in [0.29, 0.717) is 6.54 Å². The molecule has 0 spiro atoms. The summed E-state index contributed by atoms with van der Waals surface area (Å²) in [5, 5.41) is -0.213. The van der Waals surface area contributed by atoms with Crippen molar-refractivity contribution in [2.24, 2.45) is 0 Å². The van der Waals surface area contributed by atoms with Crippen LogP contribution in [0.3, 0.4) is 0 Å². The maximum absolute atomic E-state index is 12.1. The highest BCUT2D eigenvalue weighted by Crippen LogP contribution is 2.27. The van der Waals surface area contributed by atoms with E-state index >= 15 is 0 Å². The van der Waals surface area contributed by atoms with Gasteiger partial charge in [-0.3, -0.25) is 4.79 Å². The molecular weight excluding hydrogens is 266 g/mol. The van der Waals surface area contributed by atoms with Crippen molar-refractivity contribution >= 4 is 21.4 Å². The predicted molar refractivity (Wildman–Crippen MR) is 71.1 cm³/mol. The quantitative estimate of drug-likeness (QED) is 0.846. The number of nitrogens with two attached hydrogens (primary N) is 1. The van der Waals surface area contributed by atoms with E-state index < -0.39 is 15.6 Å². The summed E-state index contributed by atoms with van der Waals surface area (Å²) in [4.78, 5) is 17.4. The van der Waals surface area contributed by atoms with Gasteiger partial charge in [-0.2, -0.15) is 0 Å². The Bertz CT molecular complexity index is 582. The van der Waals surface area contributed by atoms with Gasteiger partial charge in [0.15, 0.2) is 5.03 Å². The molecule has 0 saturated heterocycles. The summed E-state index contributed by atoms with van der Waals surface area (Å²) in [6.07, 6.45) is 3.25. The first-order chi connectivity index (χ1) is 8.95. The van der Waals surface area contributed by atoms with Gasteiger partial charge in [0.25, 0.3) is 0 Å². The standard InChI is InChI=1S/C12H17N3O3S/c1-2-15(9-5-6-9)11(16)8-19(17,18)12-10(13)4-3-7-14-12/h3-4,7,9H,2,5-6,8,13H2,1H3. The molecule has 0 aromatic carbocycles. The van der Waals surface area contributed by atoms with Crippen molar-refractivity contribution in [2.75, 3.05) is 18.0 Å². The largest absolute Gasteiger partial charge is 0.396 e. The fourth-order valence-electron chi connectivity index (χ4n) is 2.00. The summed E-state index contributed by atoms with van der Waals surface area (Å²) in [6.45, 7) is 2.37. The monoisotopic (exact) mass is 283 g/mol. The Hall–Kier alpha value is -1.63. The lowest BCUT2D eigenvalue weighted by Gasteiger charge is -2.20. The highest BCUT2D eigenvalue weighted by Gasteiger charge is 2.34. The third-order valence-corrected chi connectivity index (χ3v) is 4.61. The Kier molecular flexibility index (Phi) is 3.75. The van der Waals surface area contributed by atoms with Crippen LogP contribution in [0.15, 0.2) is 23.4 Å². The second kappa shape index (κ2) is 5.16. The first-order valence-electron chi connectivity index (χ1n) is 6.18. The van der Waals surface area contributed by atoms with Crippen LogP contribution in [0.25, 0.3) is 0 Å². The van der Waals surface area contributed by atoms with E-state index in [1.165, 1.54) is 12.3 Å². The van der Waals surface area contributed by atoms with Gasteiger partial charge in [0.05, 0.1) is 5.69 Å². The van der Waals surface area contributed by atoms with Crippen LogP contribution in [0.4, 0.5) is 5.69 Å². The Morgan fingerprint density at radius 3 is 2.74 bits per heavy atom. The van der Waals surface area contributed by atoms with Gasteiger partial charge >= 0.3 is 0 Å². The molecule has 6 nitrogen and oxygen atoms in total. The van der Waals surface area contributed by atoms with Crippen molar-refractivity contribution in [1.29, 1.82) is 0 Å². The fraction of sp³-hybridized carbons (Fsp3) is 0.500. The number of nitrogens with zero attached hydrogens (tertiary/aromatic N) is 2. The zero-order valence-electron chi connectivity index (χ0n) is 10.7. The van der Waals surface area contributed by atoms with E-state index in [0.717, 1.165) is 12.8 Å². The molecule has 2 N–H and O–H groups in total. The Morgan fingerprint density at radius 1 is 1.53 bits per heavy atom. The molecule has 0 atom stereocenters. The molecular formula is C12H17N3O3S. The zero-order chi connectivity index (χ0) is 14.0. The Balaban J connectivity index is 2.17. The lowest BCUT2D eigenvalue weighted by Crippen LogP contribution is -2.37. The van der Waals surface area contributed by atoms with Gasteiger partial charge in [-0.25, -0.2) is 13.4 Å². The highest BCUT2D eigenvalue weighted by atomic mass is 32.2. The van der Waals surface area contributed by atoms with Crippen molar-refractivity contribution in [3.8, 4) is 0 Å². The first-order valence-corrected chi connectivity index (χ1v) is 7.83. The van der Waals surface area contributed by atoms with E-state index in [1.54, 1.807) is 11.0 Å². The van der Waals surface area contributed by atoms with E-state index in [-0.39, 0.29) is 22.7 Å². The van der Waals surface area contributed by atoms with Crippen LogP contribution in [-0.2, 0) is 14.6 Å². The van der Waals surface area contributed by atoms with Gasteiger partial charge < -0.3 is 10.6 Å². The molecule has 1 heterocycles. The molecule has 19 heavy (non-hydrogen) atoms. The van der Waals surface area contributed by atoms with E-state index in [1.807, 2.05) is 6.92 Å². The first kappa shape index (κ1) is 13.8. The molecule has 1 fully saturated rings. The molecule has 1 aromatic rings. The van der Waals surface area contributed by atoms with Crippen LogP contribution in [0, 0.1) is 0 Å². The van der Waals surface area contributed by atoms with Gasteiger partial charge in [0, 0.05) is 18.8 Å². The average Bonchev–Trinajstić information content (AvgIpc) is 3.14. The molecule has 0 radical (unpaired) electrons. The molecule has 0 aliphatic heterocycles. The third kappa shape index (κ3) is 3.04. The third-order valence-electron chi connectivity index (χ3n) is 3.06. The van der Waals surface area contributed by atoms with Crippen LogP contribution in [0.2, 0.25) is 0 Å². The van der Waals surface area contributed by atoms with E-state index in [9.17, 15) is 13.2 Å². The molecule has 1 aliphatic rings. The molecule has 1 saturated carbocycles. The molecule has 104 valence electrons. The van der Waals surface area contributed by atoms with E-state index in [4.69, 9.17) is 5.73 Å². The van der Waals surface area contributed by atoms with Crippen molar-refractivity contribution in [3.63, 3.8) is 0 Å². The van der Waals surface area contributed by atoms with Crippen molar-refractivity contribution < 1.29 is 13.2 Å². The topological polar surface area (TPSA) is 93.4 Å². The number of carbonyl (C=O) groups is 1. The smallest absolute Gasteiger partial charge is 0.238 e. The lowest BCUT2D eigenvalue weighted by atomic mass is 10.4. The summed E-state index contributed by atoms with van der Waals surface area (Å²) >= 11 is 0. The number of anilines is 1. The minimum Gasteiger partial charge on any atom is -0.396 e. The lowest BCUT2D eigenvalue weighted by molar-refractivity contribution is -0.128. The van der Waals surface area contributed by atoms with Gasteiger partial charge in [-0.15, -0.1) is 0 Å². The highest BCUT2D eigenvalue weighted by molar-refractivity contribution is 7.92. The summed E-state index contributed by atoms with van der Waals surface area (Å²) in [5.41, 5.74) is 5.67. The van der Waals surface area contributed by atoms with Gasteiger partial charge in [0.1, 0.15) is 5.75 Å². The normalized spacial score (nSPS) is 15.2. The van der Waals surface area contributed by atoms with E-state index in [2.05, 4.69) is 4.98 Å². The van der Waals surface area contributed by atoms with Gasteiger partial charge in [-0.1, -0.05) is 0 Å². The predicted octanol–water partition coefficient (Wildman–Crippen LogP) is 0.448.